The third kappa shape index (κ3) is 4.70. The fourth-order valence-corrected chi connectivity index (χ4v) is 2.30. The number of pyridine rings is 1. The summed E-state index contributed by atoms with van der Waals surface area (Å²) >= 11 is 0. The lowest BCUT2D eigenvalue weighted by molar-refractivity contribution is -0.141. The van der Waals surface area contributed by atoms with Crippen LogP contribution in [0.4, 0.5) is 19.0 Å². The van der Waals surface area contributed by atoms with Crippen molar-refractivity contribution in [3.63, 3.8) is 0 Å². The van der Waals surface area contributed by atoms with Crippen LogP contribution >= 0.6 is 0 Å². The average Bonchev–Trinajstić information content (AvgIpc) is 2.60. The molecular formula is C19H20F3N3. The van der Waals surface area contributed by atoms with E-state index in [2.05, 4.69) is 24.6 Å². The number of aryl methyl sites for hydroxylation is 1. The van der Waals surface area contributed by atoms with Crippen molar-refractivity contribution in [1.82, 2.24) is 4.98 Å². The predicted molar refractivity (Wildman–Crippen MR) is 94.5 cm³/mol. The van der Waals surface area contributed by atoms with Gasteiger partial charge in [0.2, 0.25) is 0 Å². The molecule has 1 heterocycles. The number of rotatable bonds is 5. The van der Waals surface area contributed by atoms with Gasteiger partial charge in [0.05, 0.1) is 5.70 Å². The lowest BCUT2D eigenvalue weighted by Crippen LogP contribution is -2.30. The molecule has 6 heteroatoms. The van der Waals surface area contributed by atoms with Gasteiger partial charge in [0, 0.05) is 0 Å². The molecule has 0 bridgehead atoms. The molecule has 0 atom stereocenters. The van der Waals surface area contributed by atoms with Gasteiger partial charge in [-0.2, -0.15) is 13.2 Å². The zero-order valence-corrected chi connectivity index (χ0v) is 14.1. The van der Waals surface area contributed by atoms with Gasteiger partial charge in [-0.25, -0.2) is 10.8 Å². The maximum absolute atomic E-state index is 12.8. The molecule has 1 aromatic heterocycles. The molecule has 132 valence electrons. The van der Waals surface area contributed by atoms with Crippen LogP contribution in [0.2, 0.25) is 0 Å². The standard InChI is InChI=1S/C19H20F3N3/c1-4-15-7-5-8-16(12-15)13(2)11-14(3)25(23)18-10-6-9-17(24-18)19(20,21)22/h5-12H,3-4,23H2,1-2H3/b13-11+. The van der Waals surface area contributed by atoms with E-state index in [1.54, 1.807) is 6.08 Å². The summed E-state index contributed by atoms with van der Waals surface area (Å²) < 4.78 is 38.3. The minimum Gasteiger partial charge on any atom is -0.263 e. The maximum Gasteiger partial charge on any atom is 0.433 e. The first kappa shape index (κ1) is 18.7. The van der Waals surface area contributed by atoms with E-state index >= 15 is 0 Å². The summed E-state index contributed by atoms with van der Waals surface area (Å²) in [7, 11) is 0. The third-order valence-corrected chi connectivity index (χ3v) is 3.75. The van der Waals surface area contributed by atoms with Crippen LogP contribution in [0.1, 0.15) is 30.7 Å². The van der Waals surface area contributed by atoms with Gasteiger partial charge in [0.25, 0.3) is 0 Å². The number of benzene rings is 1. The zero-order valence-electron chi connectivity index (χ0n) is 14.1. The van der Waals surface area contributed by atoms with Crippen molar-refractivity contribution in [2.45, 2.75) is 26.4 Å². The van der Waals surface area contributed by atoms with Crippen molar-refractivity contribution in [2.24, 2.45) is 5.84 Å². The van der Waals surface area contributed by atoms with Crippen molar-refractivity contribution in [2.75, 3.05) is 5.01 Å². The van der Waals surface area contributed by atoms with Crippen LogP contribution in [0.15, 0.2) is 60.8 Å². The van der Waals surface area contributed by atoms with Crippen molar-refractivity contribution in [1.29, 1.82) is 0 Å². The molecule has 1 aromatic carbocycles. The third-order valence-electron chi connectivity index (χ3n) is 3.75. The summed E-state index contributed by atoms with van der Waals surface area (Å²) in [5.41, 5.74) is 2.45. The largest absolute Gasteiger partial charge is 0.433 e. The molecule has 0 saturated heterocycles. The first-order chi connectivity index (χ1) is 11.7. The van der Waals surface area contributed by atoms with Gasteiger partial charge in [-0.05, 0) is 48.3 Å². The topological polar surface area (TPSA) is 42.1 Å². The molecule has 2 aromatic rings. The normalized spacial score (nSPS) is 12.2. The molecule has 0 aliphatic carbocycles. The number of nitrogens with two attached hydrogens (primary N) is 1. The minimum absolute atomic E-state index is 0.0221. The Bertz CT molecular complexity index is 794. The minimum atomic E-state index is -4.52. The van der Waals surface area contributed by atoms with Crippen molar-refractivity contribution < 1.29 is 13.2 Å². The van der Waals surface area contributed by atoms with Crippen molar-refractivity contribution in [3.05, 3.63) is 77.6 Å². The Morgan fingerprint density at radius 1 is 1.24 bits per heavy atom. The van der Waals surface area contributed by atoms with Gasteiger partial charge in [0.15, 0.2) is 0 Å². The van der Waals surface area contributed by atoms with Crippen LogP contribution in [0.3, 0.4) is 0 Å². The highest BCUT2D eigenvalue weighted by Crippen LogP contribution is 2.29. The van der Waals surface area contributed by atoms with E-state index in [0.29, 0.717) is 5.70 Å². The van der Waals surface area contributed by atoms with Crippen LogP contribution in [-0.2, 0) is 12.6 Å². The zero-order chi connectivity index (χ0) is 18.6. The lowest BCUT2D eigenvalue weighted by Gasteiger charge is -2.19. The van der Waals surface area contributed by atoms with Gasteiger partial charge in [-0.15, -0.1) is 0 Å². The Labute approximate surface area is 145 Å². The molecule has 0 unspecified atom stereocenters. The van der Waals surface area contributed by atoms with Crippen LogP contribution in [0.25, 0.3) is 5.57 Å². The number of halogens is 3. The molecule has 0 spiro atoms. The first-order valence-electron chi connectivity index (χ1n) is 7.78. The van der Waals surface area contributed by atoms with E-state index in [1.807, 2.05) is 25.1 Å². The second-order valence-electron chi connectivity index (χ2n) is 5.62. The monoisotopic (exact) mass is 347 g/mol. The van der Waals surface area contributed by atoms with Crippen LogP contribution < -0.4 is 10.9 Å². The summed E-state index contributed by atoms with van der Waals surface area (Å²) in [5.74, 6) is 5.87. The highest BCUT2D eigenvalue weighted by atomic mass is 19.4. The molecule has 0 radical (unpaired) electrons. The fraction of sp³-hybridized carbons (Fsp3) is 0.211. The highest BCUT2D eigenvalue weighted by molar-refractivity contribution is 5.68. The lowest BCUT2D eigenvalue weighted by atomic mass is 10.0. The van der Waals surface area contributed by atoms with E-state index in [0.717, 1.165) is 28.6 Å². The van der Waals surface area contributed by atoms with E-state index in [4.69, 9.17) is 5.84 Å². The van der Waals surface area contributed by atoms with Gasteiger partial charge in [-0.3, -0.25) is 5.01 Å². The maximum atomic E-state index is 12.8. The Kier molecular flexibility index (Phi) is 5.64. The molecule has 0 aliphatic heterocycles. The van der Waals surface area contributed by atoms with Gasteiger partial charge in [0.1, 0.15) is 11.5 Å². The Balaban J connectivity index is 2.25. The number of hydrogen-bond acceptors (Lipinski definition) is 3. The second-order valence-corrected chi connectivity index (χ2v) is 5.62. The first-order valence-corrected chi connectivity index (χ1v) is 7.78. The van der Waals surface area contributed by atoms with Gasteiger partial charge in [-0.1, -0.05) is 43.8 Å². The summed E-state index contributed by atoms with van der Waals surface area (Å²) in [6.45, 7) is 7.80. The van der Waals surface area contributed by atoms with Crippen molar-refractivity contribution >= 4 is 11.4 Å². The quantitative estimate of drug-likeness (QED) is 0.472. The summed E-state index contributed by atoms with van der Waals surface area (Å²) in [5, 5.41) is 1.04. The van der Waals surface area contributed by atoms with E-state index in [9.17, 15) is 13.2 Å². The van der Waals surface area contributed by atoms with Crippen molar-refractivity contribution in [3.8, 4) is 0 Å². The van der Waals surface area contributed by atoms with E-state index < -0.39 is 11.9 Å². The Morgan fingerprint density at radius 2 is 1.92 bits per heavy atom. The SMILES string of the molecule is C=C(/C=C(\C)c1cccc(CC)c1)N(N)c1cccc(C(F)(F)F)n1. The number of aromatic nitrogens is 1. The Hall–Kier alpha value is -2.60. The van der Waals surface area contributed by atoms with Crippen LogP contribution in [0.5, 0.6) is 0 Å². The summed E-state index contributed by atoms with van der Waals surface area (Å²) in [6, 6.07) is 11.6. The number of hydrazine groups is 1. The summed E-state index contributed by atoms with van der Waals surface area (Å²) in [4.78, 5) is 3.56. The Morgan fingerprint density at radius 3 is 2.56 bits per heavy atom. The summed E-state index contributed by atoms with van der Waals surface area (Å²) in [6.07, 6.45) is -1.89. The molecule has 0 aliphatic rings. The van der Waals surface area contributed by atoms with Crippen LogP contribution in [-0.4, -0.2) is 4.98 Å². The number of alkyl halides is 3. The predicted octanol–water partition coefficient (Wildman–Crippen LogP) is 4.96. The molecule has 2 rings (SSSR count). The molecule has 0 saturated carbocycles. The molecule has 0 amide bonds. The molecular weight excluding hydrogens is 327 g/mol. The molecule has 2 N–H and O–H groups in total. The number of hydrogen-bond donors (Lipinski definition) is 1. The number of allylic oxidation sites excluding steroid dienone is 2. The van der Waals surface area contributed by atoms with E-state index in [-0.39, 0.29) is 5.82 Å². The number of anilines is 1. The smallest absolute Gasteiger partial charge is 0.263 e. The van der Waals surface area contributed by atoms with Crippen LogP contribution in [0, 0.1) is 0 Å². The van der Waals surface area contributed by atoms with E-state index in [1.165, 1.54) is 17.7 Å². The molecule has 0 fully saturated rings. The highest BCUT2D eigenvalue weighted by Gasteiger charge is 2.32. The molecule has 3 nitrogen and oxygen atoms in total. The second kappa shape index (κ2) is 7.53. The van der Waals surface area contributed by atoms with Gasteiger partial charge >= 0.3 is 6.18 Å². The average molecular weight is 347 g/mol. The van der Waals surface area contributed by atoms with Gasteiger partial charge < -0.3 is 0 Å². The molecule has 25 heavy (non-hydrogen) atoms. The fourth-order valence-electron chi connectivity index (χ4n) is 2.30. The number of nitrogens with zero attached hydrogens (tertiary/aromatic N) is 2.